The third-order valence-corrected chi connectivity index (χ3v) is 0.372. The van der Waals surface area contributed by atoms with Crippen molar-refractivity contribution < 1.29 is 0 Å². The van der Waals surface area contributed by atoms with Gasteiger partial charge >= 0.3 is 0 Å². The van der Waals surface area contributed by atoms with Crippen LogP contribution in [0, 0.1) is 0 Å². The molecule has 0 spiro atoms. The van der Waals surface area contributed by atoms with Crippen LogP contribution in [0.3, 0.4) is 0 Å². The Morgan fingerprint density at radius 1 is 1.57 bits per heavy atom. The van der Waals surface area contributed by atoms with Crippen LogP contribution < -0.4 is 0 Å². The minimum absolute atomic E-state index is 1.04. The third kappa shape index (κ3) is 24.5. The van der Waals surface area contributed by atoms with Crippen LogP contribution in [0.15, 0.2) is 13.2 Å². The van der Waals surface area contributed by atoms with Crippen molar-refractivity contribution in [3.05, 3.63) is 13.2 Å². The fraction of sp³-hybridized carbons (Fsp3) is 0.500. The van der Waals surface area contributed by atoms with Crippen LogP contribution in [0.25, 0.3) is 0 Å². The Labute approximate surface area is 49.2 Å². The number of hydrogen-bond donors (Lipinski definition) is 0. The van der Waals surface area contributed by atoms with Gasteiger partial charge in [0.25, 0.3) is 0 Å². The van der Waals surface area contributed by atoms with Gasteiger partial charge in [0.2, 0.25) is 0 Å². The van der Waals surface area contributed by atoms with Gasteiger partial charge in [0.05, 0.1) is 7.17 Å². The quantitative estimate of drug-likeness (QED) is 0.344. The SMILES string of the molecule is C=C.[B][B][B]CC. The molecular weight excluding hydrogens is 80.5 g/mol. The summed E-state index contributed by atoms with van der Waals surface area (Å²) in [6.45, 7) is 8.04. The summed E-state index contributed by atoms with van der Waals surface area (Å²) in [4.78, 5) is 0. The fourth-order valence-corrected chi connectivity index (χ4v) is 0.136. The summed E-state index contributed by atoms with van der Waals surface area (Å²) in [6.07, 6.45) is 1.04. The summed E-state index contributed by atoms with van der Waals surface area (Å²) in [7, 11) is 8.42. The molecule has 0 atom stereocenters. The lowest BCUT2D eigenvalue weighted by Gasteiger charge is -1.74. The monoisotopic (exact) mass is 90.1 g/mol. The molecule has 0 bridgehead atoms. The molecule has 0 aromatic rings. The summed E-state index contributed by atoms with van der Waals surface area (Å²) in [5.74, 6) is 0. The van der Waals surface area contributed by atoms with E-state index < -0.39 is 0 Å². The maximum atomic E-state index is 4.96. The first-order valence-electron chi connectivity index (χ1n) is 2.28. The highest BCUT2D eigenvalue weighted by atomic mass is 13.3. The molecule has 0 aliphatic heterocycles. The summed E-state index contributed by atoms with van der Waals surface area (Å²) >= 11 is 0. The molecule has 0 aliphatic rings. The van der Waals surface area contributed by atoms with Crippen molar-refractivity contribution in [1.82, 2.24) is 0 Å². The Balaban J connectivity index is 0. The minimum atomic E-state index is 1.04. The zero-order valence-electron chi connectivity index (χ0n) is 4.85. The van der Waals surface area contributed by atoms with Crippen molar-refractivity contribution in [3.63, 3.8) is 0 Å². The molecule has 0 fully saturated rings. The lowest BCUT2D eigenvalue weighted by molar-refractivity contribution is 1.47. The lowest BCUT2D eigenvalue weighted by Crippen LogP contribution is -1.98. The standard InChI is InChI=1S/C2H5B3.C2H4/c1-2-4-5-3;1-2/h2H2,1H3;1-2H2. The summed E-state index contributed by atoms with van der Waals surface area (Å²) in [5, 5.41) is 0. The van der Waals surface area contributed by atoms with Crippen molar-refractivity contribution in [2.24, 2.45) is 0 Å². The molecule has 0 saturated heterocycles. The molecule has 0 nitrogen and oxygen atoms in total. The van der Waals surface area contributed by atoms with Crippen LogP contribution in [-0.2, 0) is 0 Å². The van der Waals surface area contributed by atoms with E-state index >= 15 is 0 Å². The van der Waals surface area contributed by atoms with Crippen LogP contribution in [-0.4, -0.2) is 22.0 Å². The molecule has 0 N–H and O–H groups in total. The van der Waals surface area contributed by atoms with Gasteiger partial charge < -0.3 is 0 Å². The van der Waals surface area contributed by atoms with Crippen molar-refractivity contribution in [2.75, 3.05) is 0 Å². The average Bonchev–Trinajstić information content (AvgIpc) is 1.75. The smallest absolute Gasteiger partial charge is 0.0541 e. The van der Waals surface area contributed by atoms with E-state index in [0.29, 0.717) is 0 Å². The van der Waals surface area contributed by atoms with E-state index in [9.17, 15) is 0 Å². The van der Waals surface area contributed by atoms with Gasteiger partial charge in [-0.05, 0) is 0 Å². The first-order valence-corrected chi connectivity index (χ1v) is 2.28. The second-order valence-corrected chi connectivity index (χ2v) is 0.836. The maximum Gasteiger partial charge on any atom is 0.0541 e. The fourth-order valence-electron chi connectivity index (χ4n) is 0.136. The van der Waals surface area contributed by atoms with Crippen molar-refractivity contribution >= 4 is 22.0 Å². The van der Waals surface area contributed by atoms with Gasteiger partial charge in [-0.3, -0.25) is 0 Å². The molecule has 0 unspecified atom stereocenters. The zero-order valence-corrected chi connectivity index (χ0v) is 4.85. The van der Waals surface area contributed by atoms with E-state index in [2.05, 4.69) is 13.2 Å². The predicted molar refractivity (Wildman–Crippen MR) is 39.0 cm³/mol. The van der Waals surface area contributed by atoms with Crippen LogP contribution >= 0.6 is 0 Å². The largest absolute Gasteiger partial charge is 0.106 e. The Bertz CT molecular complexity index is 20.9. The average molecular weight is 89.6 g/mol. The number of rotatable bonds is 2. The van der Waals surface area contributed by atoms with E-state index in [0.717, 1.165) is 6.32 Å². The van der Waals surface area contributed by atoms with Crippen molar-refractivity contribution in [2.45, 2.75) is 13.2 Å². The van der Waals surface area contributed by atoms with Crippen LogP contribution in [0.1, 0.15) is 6.92 Å². The van der Waals surface area contributed by atoms with Gasteiger partial charge in [-0.25, -0.2) is 0 Å². The predicted octanol–water partition coefficient (Wildman–Crippen LogP) is 0.634. The number of hydrogen-bond acceptors (Lipinski definition) is 0. The van der Waals surface area contributed by atoms with Crippen LogP contribution in [0.2, 0.25) is 6.32 Å². The molecule has 4 radical (unpaired) electrons. The van der Waals surface area contributed by atoms with Gasteiger partial charge in [0.15, 0.2) is 0 Å². The molecule has 3 heteroatoms. The van der Waals surface area contributed by atoms with E-state index in [1.54, 1.807) is 7.06 Å². The Kier molecular flexibility index (Phi) is 24.0. The Hall–Kier alpha value is -0.0652. The molecular formula is C4H9B3. The molecule has 0 heterocycles. The molecule has 0 saturated carbocycles. The van der Waals surface area contributed by atoms with Gasteiger partial charge in [-0.1, -0.05) is 13.2 Å². The minimum Gasteiger partial charge on any atom is -0.106 e. The van der Waals surface area contributed by atoms with Crippen molar-refractivity contribution in [3.8, 4) is 0 Å². The molecule has 34 valence electrons. The van der Waals surface area contributed by atoms with Gasteiger partial charge in [0, 0.05) is 14.8 Å². The topological polar surface area (TPSA) is 0 Å². The van der Waals surface area contributed by atoms with Crippen molar-refractivity contribution in [1.29, 1.82) is 0 Å². The first-order chi connectivity index (χ1) is 3.41. The van der Waals surface area contributed by atoms with Gasteiger partial charge in [0.1, 0.15) is 0 Å². The molecule has 0 aromatic heterocycles. The van der Waals surface area contributed by atoms with E-state index in [1.165, 1.54) is 0 Å². The van der Waals surface area contributed by atoms with E-state index in [4.69, 9.17) is 7.74 Å². The second-order valence-electron chi connectivity index (χ2n) is 0.836. The molecule has 7 heavy (non-hydrogen) atoms. The first kappa shape index (κ1) is 10.0. The summed E-state index contributed by atoms with van der Waals surface area (Å²) in [5.41, 5.74) is 0. The Morgan fingerprint density at radius 2 is 2.00 bits per heavy atom. The molecule has 0 aliphatic carbocycles. The Morgan fingerprint density at radius 3 is 2.00 bits per heavy atom. The lowest BCUT2D eigenvalue weighted by atomic mass is 9.27. The maximum absolute atomic E-state index is 4.96. The van der Waals surface area contributed by atoms with Gasteiger partial charge in [-0.2, -0.15) is 0 Å². The van der Waals surface area contributed by atoms with Crippen LogP contribution in [0.5, 0.6) is 0 Å². The molecule has 0 amide bonds. The summed E-state index contributed by atoms with van der Waals surface area (Å²) in [6, 6.07) is 0. The van der Waals surface area contributed by atoms with E-state index in [-0.39, 0.29) is 0 Å². The van der Waals surface area contributed by atoms with Gasteiger partial charge in [-0.15, -0.1) is 13.2 Å². The summed E-state index contributed by atoms with van der Waals surface area (Å²) < 4.78 is 0. The molecule has 0 aromatic carbocycles. The normalized spacial score (nSPS) is 5.29. The zero-order chi connectivity index (χ0) is 6.12. The highest BCUT2D eigenvalue weighted by Crippen LogP contribution is 1.63. The molecule has 0 rings (SSSR count). The highest BCUT2D eigenvalue weighted by molar-refractivity contribution is 7.23. The highest BCUT2D eigenvalue weighted by Gasteiger charge is 1.73. The van der Waals surface area contributed by atoms with E-state index in [1.807, 2.05) is 14.1 Å². The van der Waals surface area contributed by atoms with Crippen LogP contribution in [0.4, 0.5) is 0 Å². The third-order valence-electron chi connectivity index (χ3n) is 0.372. The second kappa shape index (κ2) is 16.8.